The fourth-order valence-corrected chi connectivity index (χ4v) is 2.46. The molecule has 0 radical (unpaired) electrons. The molecule has 4 nitrogen and oxygen atoms in total. The Morgan fingerprint density at radius 2 is 1.95 bits per heavy atom. The topological polar surface area (TPSA) is 50.4 Å². The normalized spacial score (nSPS) is 13.9. The highest BCUT2D eigenvalue weighted by Crippen LogP contribution is 2.26. The molecule has 118 valence electrons. The molecule has 0 heterocycles. The van der Waals surface area contributed by atoms with Gasteiger partial charge in [0.1, 0.15) is 5.75 Å². The molecule has 0 aliphatic heterocycles. The Morgan fingerprint density at radius 3 is 2.48 bits per heavy atom. The second-order valence-corrected chi connectivity index (χ2v) is 5.93. The van der Waals surface area contributed by atoms with Crippen LogP contribution >= 0.6 is 0 Å². The van der Waals surface area contributed by atoms with Crippen LogP contribution in [0.2, 0.25) is 0 Å². The molecule has 1 aromatic carbocycles. The molecule has 4 heteroatoms. The van der Waals surface area contributed by atoms with Crippen LogP contribution in [-0.4, -0.2) is 26.1 Å². The minimum Gasteiger partial charge on any atom is -0.496 e. The molecular formula is C17H28N2O2. The molecule has 1 amide bonds. The number of carbonyl (C=O) groups excluding carboxylic acids is 1. The summed E-state index contributed by atoms with van der Waals surface area (Å²) in [4.78, 5) is 12.0. The van der Waals surface area contributed by atoms with Crippen molar-refractivity contribution in [2.24, 2.45) is 5.92 Å². The van der Waals surface area contributed by atoms with Crippen LogP contribution < -0.4 is 15.4 Å². The van der Waals surface area contributed by atoms with E-state index >= 15 is 0 Å². The number of methoxy groups -OCH3 is 1. The molecule has 1 rings (SSSR count). The molecule has 0 spiro atoms. The molecule has 0 aliphatic rings. The lowest BCUT2D eigenvalue weighted by Gasteiger charge is -2.25. The smallest absolute Gasteiger partial charge is 0.236 e. The zero-order valence-corrected chi connectivity index (χ0v) is 14.0. The molecule has 2 unspecified atom stereocenters. The van der Waals surface area contributed by atoms with Crippen LogP contribution in [0.1, 0.15) is 44.4 Å². The number of rotatable bonds is 7. The van der Waals surface area contributed by atoms with Gasteiger partial charge >= 0.3 is 0 Å². The second-order valence-electron chi connectivity index (χ2n) is 5.93. The van der Waals surface area contributed by atoms with Crippen molar-refractivity contribution in [3.05, 3.63) is 29.3 Å². The Hall–Kier alpha value is -1.55. The maximum atomic E-state index is 12.0. The third-order valence-corrected chi connectivity index (χ3v) is 3.58. The molecule has 0 fully saturated rings. The number of benzene rings is 1. The standard InChI is InChI=1S/C17H28N2O2/c1-11(2)9-15(17(20)18-5)19-13(4)14-8-7-12(3)10-16(14)21-6/h7-8,10-11,13,15,19H,9H2,1-6H3,(H,18,20). The van der Waals surface area contributed by atoms with Gasteiger partial charge in [-0.3, -0.25) is 10.1 Å². The van der Waals surface area contributed by atoms with Crippen LogP contribution in [0.5, 0.6) is 5.75 Å². The van der Waals surface area contributed by atoms with Crippen LogP contribution in [0.4, 0.5) is 0 Å². The van der Waals surface area contributed by atoms with Crippen molar-refractivity contribution < 1.29 is 9.53 Å². The van der Waals surface area contributed by atoms with E-state index in [0.717, 1.165) is 23.3 Å². The molecule has 0 aliphatic carbocycles. The molecule has 0 saturated heterocycles. The zero-order chi connectivity index (χ0) is 16.0. The average molecular weight is 292 g/mol. The minimum atomic E-state index is -0.198. The number of aryl methyl sites for hydroxylation is 1. The fraction of sp³-hybridized carbons (Fsp3) is 0.588. The van der Waals surface area contributed by atoms with E-state index in [1.165, 1.54) is 0 Å². The lowest BCUT2D eigenvalue weighted by molar-refractivity contribution is -0.123. The summed E-state index contributed by atoms with van der Waals surface area (Å²) in [6.45, 7) is 8.34. The number of amides is 1. The highest BCUT2D eigenvalue weighted by atomic mass is 16.5. The summed E-state index contributed by atoms with van der Waals surface area (Å²) >= 11 is 0. The third kappa shape index (κ3) is 5.05. The van der Waals surface area contributed by atoms with Crippen LogP contribution in [-0.2, 0) is 4.79 Å². The maximum Gasteiger partial charge on any atom is 0.236 e. The van der Waals surface area contributed by atoms with Crippen molar-refractivity contribution in [1.82, 2.24) is 10.6 Å². The van der Waals surface area contributed by atoms with Gasteiger partial charge in [0.25, 0.3) is 0 Å². The molecule has 21 heavy (non-hydrogen) atoms. The third-order valence-electron chi connectivity index (χ3n) is 3.58. The highest BCUT2D eigenvalue weighted by Gasteiger charge is 2.22. The van der Waals surface area contributed by atoms with Gasteiger partial charge in [-0.25, -0.2) is 0 Å². The maximum absolute atomic E-state index is 12.0. The van der Waals surface area contributed by atoms with Crippen molar-refractivity contribution in [2.75, 3.05) is 14.2 Å². The van der Waals surface area contributed by atoms with Crippen molar-refractivity contribution in [1.29, 1.82) is 0 Å². The Morgan fingerprint density at radius 1 is 1.29 bits per heavy atom. The predicted molar refractivity (Wildman–Crippen MR) is 86.6 cm³/mol. The Balaban J connectivity index is 2.90. The van der Waals surface area contributed by atoms with Gasteiger partial charge in [-0.1, -0.05) is 26.0 Å². The van der Waals surface area contributed by atoms with E-state index in [4.69, 9.17) is 4.74 Å². The van der Waals surface area contributed by atoms with E-state index in [1.54, 1.807) is 14.2 Å². The number of hydrogen-bond donors (Lipinski definition) is 2. The number of hydrogen-bond acceptors (Lipinski definition) is 3. The molecule has 0 aromatic heterocycles. The van der Waals surface area contributed by atoms with Gasteiger partial charge < -0.3 is 10.1 Å². The van der Waals surface area contributed by atoms with Gasteiger partial charge in [0.2, 0.25) is 5.91 Å². The quantitative estimate of drug-likeness (QED) is 0.812. The van der Waals surface area contributed by atoms with Crippen LogP contribution in [0, 0.1) is 12.8 Å². The molecule has 0 bridgehead atoms. The summed E-state index contributed by atoms with van der Waals surface area (Å²) < 4.78 is 5.46. The monoisotopic (exact) mass is 292 g/mol. The van der Waals surface area contributed by atoms with Crippen molar-refractivity contribution >= 4 is 5.91 Å². The summed E-state index contributed by atoms with van der Waals surface area (Å²) in [5, 5.41) is 6.15. The molecule has 1 aromatic rings. The summed E-state index contributed by atoms with van der Waals surface area (Å²) in [6, 6.07) is 5.98. The second kappa shape index (κ2) is 8.03. The Labute approximate surface area is 128 Å². The van der Waals surface area contributed by atoms with Crippen molar-refractivity contribution in [2.45, 2.75) is 46.2 Å². The SMILES string of the molecule is CNC(=O)C(CC(C)C)NC(C)c1ccc(C)cc1OC. The number of ether oxygens (including phenoxy) is 1. The summed E-state index contributed by atoms with van der Waals surface area (Å²) in [7, 11) is 3.35. The first kappa shape index (κ1) is 17.5. The van der Waals surface area contributed by atoms with E-state index in [1.807, 2.05) is 13.0 Å². The van der Waals surface area contributed by atoms with Crippen molar-refractivity contribution in [3.63, 3.8) is 0 Å². The van der Waals surface area contributed by atoms with Crippen LogP contribution in [0.25, 0.3) is 0 Å². The fourth-order valence-electron chi connectivity index (χ4n) is 2.46. The highest BCUT2D eigenvalue weighted by molar-refractivity contribution is 5.81. The summed E-state index contributed by atoms with van der Waals surface area (Å²) in [6.07, 6.45) is 0.804. The van der Waals surface area contributed by atoms with Crippen molar-refractivity contribution in [3.8, 4) is 5.75 Å². The number of nitrogens with one attached hydrogen (secondary N) is 2. The average Bonchev–Trinajstić information content (AvgIpc) is 2.44. The van der Waals surface area contributed by atoms with Gasteiger partial charge in [-0.2, -0.15) is 0 Å². The van der Waals surface area contributed by atoms with E-state index in [0.29, 0.717) is 5.92 Å². The van der Waals surface area contributed by atoms with Gasteiger partial charge in [-0.05, 0) is 37.8 Å². The van der Waals surface area contributed by atoms with E-state index in [2.05, 4.69) is 43.5 Å². The zero-order valence-electron chi connectivity index (χ0n) is 14.0. The minimum absolute atomic E-state index is 0.0293. The lowest BCUT2D eigenvalue weighted by atomic mass is 9.99. The first-order valence-electron chi connectivity index (χ1n) is 7.51. The molecule has 2 atom stereocenters. The molecular weight excluding hydrogens is 264 g/mol. The van der Waals surface area contributed by atoms with Gasteiger partial charge in [0.05, 0.1) is 13.2 Å². The van der Waals surface area contributed by atoms with Crippen LogP contribution in [0.3, 0.4) is 0 Å². The Bertz CT molecular complexity index is 472. The lowest BCUT2D eigenvalue weighted by Crippen LogP contribution is -2.44. The Kier molecular flexibility index (Phi) is 6.69. The predicted octanol–water partition coefficient (Wildman–Crippen LogP) is 2.81. The largest absolute Gasteiger partial charge is 0.496 e. The van der Waals surface area contributed by atoms with E-state index in [9.17, 15) is 4.79 Å². The summed E-state index contributed by atoms with van der Waals surface area (Å²) in [5.41, 5.74) is 2.23. The number of likely N-dealkylation sites (N-methyl/N-ethyl adjacent to an activating group) is 1. The number of carbonyl (C=O) groups is 1. The molecule has 2 N–H and O–H groups in total. The van der Waals surface area contributed by atoms with Gasteiger partial charge in [0.15, 0.2) is 0 Å². The van der Waals surface area contributed by atoms with Gasteiger partial charge in [0, 0.05) is 18.7 Å². The first-order chi connectivity index (χ1) is 9.88. The molecule has 0 saturated carbocycles. The summed E-state index contributed by atoms with van der Waals surface area (Å²) in [5.74, 6) is 1.34. The van der Waals surface area contributed by atoms with Crippen LogP contribution in [0.15, 0.2) is 18.2 Å². The first-order valence-corrected chi connectivity index (χ1v) is 7.51. The van der Waals surface area contributed by atoms with Gasteiger partial charge in [-0.15, -0.1) is 0 Å². The van der Waals surface area contributed by atoms with E-state index < -0.39 is 0 Å². The van der Waals surface area contributed by atoms with E-state index in [-0.39, 0.29) is 18.0 Å².